The van der Waals surface area contributed by atoms with Gasteiger partial charge in [0, 0.05) is 26.1 Å². The summed E-state index contributed by atoms with van der Waals surface area (Å²) in [6.07, 6.45) is 0.838. The second-order valence-corrected chi connectivity index (χ2v) is 10.0. The van der Waals surface area contributed by atoms with Gasteiger partial charge in [-0.15, -0.1) is 0 Å². The molecule has 0 saturated heterocycles. The number of esters is 1. The molecule has 4 rings (SSSR count). The van der Waals surface area contributed by atoms with Crippen molar-refractivity contribution in [2.45, 2.75) is 58.7 Å². The van der Waals surface area contributed by atoms with Gasteiger partial charge in [0.1, 0.15) is 11.4 Å². The number of hydrogen-bond acceptors (Lipinski definition) is 7. The molecule has 1 heterocycles. The van der Waals surface area contributed by atoms with E-state index in [1.807, 2.05) is 12.1 Å². The molecule has 0 bridgehead atoms. The van der Waals surface area contributed by atoms with E-state index in [4.69, 9.17) is 9.47 Å². The zero-order chi connectivity index (χ0) is 25.2. The summed E-state index contributed by atoms with van der Waals surface area (Å²) in [5.74, 6) is -1.67. The highest BCUT2D eigenvalue weighted by atomic mass is 16.6. The van der Waals surface area contributed by atoms with Crippen LogP contribution in [0.4, 0.5) is 10.5 Å². The molecule has 0 unspecified atom stereocenters. The van der Waals surface area contributed by atoms with Gasteiger partial charge >= 0.3 is 12.1 Å². The Bertz CT molecular complexity index is 1140. The Morgan fingerprint density at radius 3 is 2.26 bits per heavy atom. The summed E-state index contributed by atoms with van der Waals surface area (Å²) >= 11 is 0. The summed E-state index contributed by atoms with van der Waals surface area (Å²) in [4.78, 5) is 52.5. The number of benzene rings is 2. The molecule has 1 fully saturated rings. The molecule has 2 aromatic rings. The molecule has 8 heteroatoms. The zero-order valence-electron chi connectivity index (χ0n) is 20.3. The van der Waals surface area contributed by atoms with Crippen LogP contribution in [-0.4, -0.2) is 40.7 Å². The third kappa shape index (κ3) is 6.54. The van der Waals surface area contributed by atoms with Crippen LogP contribution < -0.4 is 10.1 Å². The van der Waals surface area contributed by atoms with Gasteiger partial charge in [-0.25, -0.2) is 4.79 Å². The normalized spacial score (nSPS) is 15.3. The minimum Gasteiger partial charge on any atom is -0.444 e. The summed E-state index contributed by atoms with van der Waals surface area (Å²) in [6, 6.07) is 12.3. The van der Waals surface area contributed by atoms with Crippen molar-refractivity contribution in [1.29, 1.82) is 0 Å². The summed E-state index contributed by atoms with van der Waals surface area (Å²) in [7, 11) is 0. The van der Waals surface area contributed by atoms with Crippen molar-refractivity contribution in [2.24, 2.45) is 5.92 Å². The van der Waals surface area contributed by atoms with Crippen molar-refractivity contribution in [3.8, 4) is 5.75 Å². The fourth-order valence-corrected chi connectivity index (χ4v) is 3.90. The highest BCUT2D eigenvalue weighted by Gasteiger charge is 2.32. The van der Waals surface area contributed by atoms with Crippen LogP contribution in [0.25, 0.3) is 0 Å². The Balaban J connectivity index is 1.46. The molecule has 2 aliphatic rings. The standard InChI is InChI=1S/C27H30N2O6/c1-27(2,3)35-26(33)28-22-11-10-20(34-25(32)17-8-9-17)14-21(22)24(31)23(30)12-13-29-15-18-6-4-5-7-19(18)16-29/h4-7,10-11,14,17H,8-9,12-13,15-16H2,1-3H3,(H,28,33). The lowest BCUT2D eigenvalue weighted by Gasteiger charge is -2.20. The van der Waals surface area contributed by atoms with E-state index in [0.29, 0.717) is 6.54 Å². The molecule has 0 radical (unpaired) electrons. The lowest BCUT2D eigenvalue weighted by molar-refractivity contribution is -0.135. The number of carbonyl (C=O) groups is 4. The number of Topliss-reactive ketones (excluding diaryl/α,β-unsaturated/α-hetero) is 2. The van der Waals surface area contributed by atoms with E-state index >= 15 is 0 Å². The van der Waals surface area contributed by atoms with E-state index < -0.39 is 23.3 Å². The number of nitrogens with one attached hydrogen (secondary N) is 1. The Labute approximate surface area is 204 Å². The molecule has 8 nitrogen and oxygen atoms in total. The Morgan fingerprint density at radius 2 is 1.66 bits per heavy atom. The zero-order valence-corrected chi connectivity index (χ0v) is 20.3. The van der Waals surface area contributed by atoms with E-state index in [2.05, 4.69) is 22.3 Å². The smallest absolute Gasteiger partial charge is 0.412 e. The summed E-state index contributed by atoms with van der Waals surface area (Å²) in [5, 5.41) is 2.54. The molecule has 1 aliphatic carbocycles. The van der Waals surface area contributed by atoms with Gasteiger partial charge < -0.3 is 9.47 Å². The van der Waals surface area contributed by atoms with Crippen LogP contribution >= 0.6 is 0 Å². The molecule has 2 aromatic carbocycles. The third-order valence-corrected chi connectivity index (χ3v) is 5.82. The first-order chi connectivity index (χ1) is 16.6. The Morgan fingerprint density at radius 1 is 1.00 bits per heavy atom. The lowest BCUT2D eigenvalue weighted by atomic mass is 10.0. The lowest BCUT2D eigenvalue weighted by Crippen LogP contribution is -2.28. The van der Waals surface area contributed by atoms with Crippen molar-refractivity contribution < 1.29 is 28.7 Å². The van der Waals surface area contributed by atoms with Gasteiger partial charge in [-0.2, -0.15) is 0 Å². The van der Waals surface area contributed by atoms with Crippen LogP contribution in [0, 0.1) is 5.92 Å². The summed E-state index contributed by atoms with van der Waals surface area (Å²) in [6.45, 7) is 7.06. The number of rotatable bonds is 8. The SMILES string of the molecule is CC(C)(C)OC(=O)Nc1ccc(OC(=O)C2CC2)cc1C(=O)C(=O)CCN1Cc2ccccc2C1. The number of amides is 1. The van der Waals surface area contributed by atoms with Gasteiger partial charge in [0.2, 0.25) is 11.6 Å². The molecule has 1 aliphatic heterocycles. The first-order valence-electron chi connectivity index (χ1n) is 11.8. The Hall–Kier alpha value is -3.52. The van der Waals surface area contributed by atoms with Gasteiger partial charge in [0.05, 0.1) is 17.2 Å². The van der Waals surface area contributed by atoms with Crippen LogP contribution in [0.15, 0.2) is 42.5 Å². The molecule has 1 amide bonds. The van der Waals surface area contributed by atoms with E-state index in [0.717, 1.165) is 25.9 Å². The Kier molecular flexibility index (Phi) is 7.03. The number of anilines is 1. The molecule has 1 saturated carbocycles. The largest absolute Gasteiger partial charge is 0.444 e. The molecule has 0 aromatic heterocycles. The minimum atomic E-state index is -0.753. The number of ketones is 2. The van der Waals surface area contributed by atoms with Crippen LogP contribution in [0.1, 0.15) is 61.5 Å². The van der Waals surface area contributed by atoms with E-state index in [9.17, 15) is 19.2 Å². The average Bonchev–Trinajstić information content (AvgIpc) is 3.56. The number of carbonyl (C=O) groups excluding carboxylic acids is 4. The van der Waals surface area contributed by atoms with Crippen molar-refractivity contribution in [1.82, 2.24) is 4.90 Å². The number of nitrogens with zero attached hydrogens (tertiary/aromatic N) is 1. The highest BCUT2D eigenvalue weighted by Crippen LogP contribution is 2.32. The van der Waals surface area contributed by atoms with Crippen LogP contribution in [-0.2, 0) is 27.4 Å². The van der Waals surface area contributed by atoms with Gasteiger partial charge in [0.25, 0.3) is 0 Å². The van der Waals surface area contributed by atoms with Gasteiger partial charge in [0.15, 0.2) is 0 Å². The number of hydrogen-bond donors (Lipinski definition) is 1. The maximum absolute atomic E-state index is 13.1. The molecule has 0 atom stereocenters. The van der Waals surface area contributed by atoms with Gasteiger partial charge in [-0.05, 0) is 62.9 Å². The predicted molar refractivity (Wildman–Crippen MR) is 129 cm³/mol. The number of fused-ring (bicyclic) bond motifs is 1. The summed E-state index contributed by atoms with van der Waals surface area (Å²) in [5.41, 5.74) is 1.79. The minimum absolute atomic E-state index is 0.0325. The predicted octanol–water partition coefficient (Wildman–Crippen LogP) is 4.51. The van der Waals surface area contributed by atoms with Gasteiger partial charge in [-0.3, -0.25) is 24.6 Å². The fraction of sp³-hybridized carbons (Fsp3) is 0.407. The van der Waals surface area contributed by atoms with Gasteiger partial charge in [-0.1, -0.05) is 24.3 Å². The van der Waals surface area contributed by atoms with Crippen molar-refractivity contribution in [3.63, 3.8) is 0 Å². The molecule has 184 valence electrons. The second-order valence-electron chi connectivity index (χ2n) is 10.0. The van der Waals surface area contributed by atoms with Crippen LogP contribution in [0.5, 0.6) is 5.75 Å². The monoisotopic (exact) mass is 478 g/mol. The van der Waals surface area contributed by atoms with E-state index in [-0.39, 0.29) is 35.3 Å². The third-order valence-electron chi connectivity index (χ3n) is 5.82. The first-order valence-corrected chi connectivity index (χ1v) is 11.8. The van der Waals surface area contributed by atoms with Crippen LogP contribution in [0.2, 0.25) is 0 Å². The first kappa shape index (κ1) is 24.6. The summed E-state index contributed by atoms with van der Waals surface area (Å²) < 4.78 is 10.7. The van der Waals surface area contributed by atoms with E-state index in [1.54, 1.807) is 20.8 Å². The molecule has 1 N–H and O–H groups in total. The van der Waals surface area contributed by atoms with Crippen molar-refractivity contribution in [3.05, 3.63) is 59.2 Å². The number of ether oxygens (including phenoxy) is 2. The van der Waals surface area contributed by atoms with E-state index in [1.165, 1.54) is 29.3 Å². The second kappa shape index (κ2) is 10.00. The topological polar surface area (TPSA) is 102 Å². The maximum atomic E-state index is 13.1. The van der Waals surface area contributed by atoms with Crippen molar-refractivity contribution in [2.75, 3.05) is 11.9 Å². The van der Waals surface area contributed by atoms with Crippen molar-refractivity contribution >= 4 is 29.3 Å². The molecular formula is C27H30N2O6. The molecule has 35 heavy (non-hydrogen) atoms. The highest BCUT2D eigenvalue weighted by molar-refractivity contribution is 6.45. The fourth-order valence-electron chi connectivity index (χ4n) is 3.90. The maximum Gasteiger partial charge on any atom is 0.412 e. The average molecular weight is 479 g/mol. The molecular weight excluding hydrogens is 448 g/mol. The van der Waals surface area contributed by atoms with Crippen LogP contribution in [0.3, 0.4) is 0 Å². The quantitative estimate of drug-likeness (QED) is 0.258. The molecule has 0 spiro atoms.